The van der Waals surface area contributed by atoms with Gasteiger partial charge in [-0.05, 0) is 47.1 Å². The topological polar surface area (TPSA) is 60.4 Å². The molecule has 0 aliphatic rings. The van der Waals surface area contributed by atoms with E-state index < -0.39 is 0 Å². The molecule has 0 amide bonds. The van der Waals surface area contributed by atoms with Gasteiger partial charge in [-0.25, -0.2) is 0 Å². The minimum absolute atomic E-state index is 0. The van der Waals surface area contributed by atoms with Crippen LogP contribution < -0.4 is 5.11 Å². The highest BCUT2D eigenvalue weighted by molar-refractivity contribution is 5.77. The Morgan fingerprint density at radius 3 is 1.11 bits per heavy atom. The Morgan fingerprint density at radius 2 is 1.11 bits per heavy atom. The Bertz CT molecular complexity index is 248. The summed E-state index contributed by atoms with van der Waals surface area (Å²) in [6, 6.07) is 0. The number of hydrogen-bond donors (Lipinski definition) is 1. The minimum atomic E-state index is 0. The average molecular weight is 259 g/mol. The second-order valence-electron chi connectivity index (χ2n) is 4.91. The van der Waals surface area contributed by atoms with Crippen LogP contribution in [0.3, 0.4) is 0 Å². The highest BCUT2D eigenvalue weighted by atomic mass is 16.3. The van der Waals surface area contributed by atoms with Crippen molar-refractivity contribution in [1.82, 2.24) is 0 Å². The third-order valence-electron chi connectivity index (χ3n) is 2.24. The van der Waals surface area contributed by atoms with Crippen molar-refractivity contribution in [2.45, 2.75) is 62.3 Å². The van der Waals surface area contributed by atoms with Gasteiger partial charge in [0.15, 0.2) is 0 Å². The summed E-state index contributed by atoms with van der Waals surface area (Å²) in [5.74, 6) is 1.07. The lowest BCUT2D eigenvalue weighted by molar-refractivity contribution is -0.303. The normalized spacial score (nSPS) is 8.33. The molecule has 0 aromatic heterocycles. The summed E-state index contributed by atoms with van der Waals surface area (Å²) in [5, 5.41) is 18.6. The minimum Gasteiger partial charge on any atom is -1.00 e. The highest BCUT2D eigenvalue weighted by Crippen LogP contribution is 1.93. The summed E-state index contributed by atoms with van der Waals surface area (Å²) in [7, 11) is 0. The fraction of sp³-hybridized carbons (Fsp3) is 0.667. The number of allylic oxidation sites excluding steroid dienone is 4. The van der Waals surface area contributed by atoms with E-state index in [2.05, 4.69) is 0 Å². The van der Waals surface area contributed by atoms with Crippen LogP contribution >= 0.6 is 0 Å². The second kappa shape index (κ2) is 12.2. The van der Waals surface area contributed by atoms with E-state index in [0.29, 0.717) is 5.76 Å². The molecule has 0 aromatic rings. The number of aliphatic hydroxyl groups is 1. The first-order valence-corrected chi connectivity index (χ1v) is 6.08. The molecule has 0 rings (SSSR count). The summed E-state index contributed by atoms with van der Waals surface area (Å²) in [6.07, 6.45) is 0. The van der Waals surface area contributed by atoms with Gasteiger partial charge in [-0.1, -0.05) is 26.3 Å². The van der Waals surface area contributed by atoms with Crippen LogP contribution in [0.2, 0.25) is 0 Å². The molecule has 0 heterocycles. The summed E-state index contributed by atoms with van der Waals surface area (Å²) in [6.45, 7) is 16.0. The SMILES string of the molecule is CC(=O)C(C)C.CC(C)=C(C)O.CC(C)=C(C)[O-].[H-].[H-]. The maximum atomic E-state index is 10.1. The zero-order chi connectivity index (χ0) is 15.5. The first-order valence-electron chi connectivity index (χ1n) is 6.08. The van der Waals surface area contributed by atoms with Gasteiger partial charge in [-0.3, -0.25) is 4.79 Å². The van der Waals surface area contributed by atoms with E-state index in [-0.39, 0.29) is 20.3 Å². The summed E-state index contributed by atoms with van der Waals surface area (Å²) >= 11 is 0. The first-order chi connectivity index (χ1) is 7.93. The van der Waals surface area contributed by atoms with Crippen molar-refractivity contribution in [3.63, 3.8) is 0 Å². The maximum absolute atomic E-state index is 10.1. The summed E-state index contributed by atoms with van der Waals surface area (Å²) in [4.78, 5) is 10.1. The van der Waals surface area contributed by atoms with E-state index in [0.717, 1.165) is 11.1 Å². The molecule has 1 N–H and O–H groups in total. The number of carbonyl (C=O) groups excluding carboxylic acids is 1. The molecule has 0 saturated heterocycles. The molecule has 0 aromatic carbocycles. The van der Waals surface area contributed by atoms with Crippen molar-refractivity contribution < 1.29 is 17.9 Å². The van der Waals surface area contributed by atoms with Crippen molar-refractivity contribution >= 4 is 5.78 Å². The van der Waals surface area contributed by atoms with Gasteiger partial charge in [-0.2, -0.15) is 0 Å². The number of aliphatic hydroxyl groups excluding tert-OH is 1. The number of rotatable bonds is 1. The van der Waals surface area contributed by atoms with E-state index in [1.165, 1.54) is 0 Å². The van der Waals surface area contributed by atoms with Gasteiger partial charge in [0.1, 0.15) is 5.78 Å². The van der Waals surface area contributed by atoms with Gasteiger partial charge in [0.05, 0.1) is 5.76 Å². The molecule has 0 bridgehead atoms. The third-order valence-corrected chi connectivity index (χ3v) is 2.24. The van der Waals surface area contributed by atoms with Crippen LogP contribution in [-0.4, -0.2) is 10.9 Å². The summed E-state index contributed by atoms with van der Waals surface area (Å²) in [5.41, 5.74) is 1.85. The number of ketones is 1. The fourth-order valence-electron chi connectivity index (χ4n) is 0. The molecule has 0 saturated carbocycles. The van der Waals surface area contributed by atoms with Crippen molar-refractivity contribution in [3.05, 3.63) is 22.7 Å². The molecule has 0 spiro atoms. The average Bonchev–Trinajstić information content (AvgIpc) is 2.18. The predicted molar refractivity (Wildman–Crippen MR) is 78.5 cm³/mol. The molecule has 0 radical (unpaired) electrons. The molecule has 0 atom stereocenters. The van der Waals surface area contributed by atoms with Crippen LogP contribution in [0.4, 0.5) is 0 Å². The zero-order valence-electron chi connectivity index (χ0n) is 15.3. The van der Waals surface area contributed by atoms with Gasteiger partial charge in [0.25, 0.3) is 0 Å². The Balaban J connectivity index is -0.0000000536. The lowest BCUT2D eigenvalue weighted by Crippen LogP contribution is -1.98. The van der Waals surface area contributed by atoms with Crippen molar-refractivity contribution in [2.75, 3.05) is 0 Å². The second-order valence-corrected chi connectivity index (χ2v) is 4.91. The van der Waals surface area contributed by atoms with E-state index in [1.807, 2.05) is 41.5 Å². The van der Waals surface area contributed by atoms with Crippen LogP contribution in [-0.2, 0) is 4.79 Å². The standard InChI is InChI=1S/3C5H10O.2H/c3*1-4(2)5(3)6;;/h2*6H,1-3H3;4H,1-3H3;;/q;;;2*-1/p-1. The lowest BCUT2D eigenvalue weighted by Gasteiger charge is -2.03. The van der Waals surface area contributed by atoms with Crippen molar-refractivity contribution in [3.8, 4) is 0 Å². The molecular weight excluding hydrogens is 228 g/mol. The molecular formula is C15H31O3-3. The number of Topliss-reactive ketones (excluding diaryl/α,β-unsaturated/α-hetero) is 1. The van der Waals surface area contributed by atoms with Gasteiger partial charge in [-0.15, -0.1) is 5.76 Å². The summed E-state index contributed by atoms with van der Waals surface area (Å²) < 4.78 is 0. The van der Waals surface area contributed by atoms with Crippen LogP contribution in [0.15, 0.2) is 22.7 Å². The van der Waals surface area contributed by atoms with Crippen molar-refractivity contribution in [1.29, 1.82) is 0 Å². The van der Waals surface area contributed by atoms with E-state index in [1.54, 1.807) is 20.8 Å². The van der Waals surface area contributed by atoms with E-state index in [4.69, 9.17) is 5.11 Å². The van der Waals surface area contributed by atoms with Crippen LogP contribution in [0.5, 0.6) is 0 Å². The zero-order valence-corrected chi connectivity index (χ0v) is 13.3. The van der Waals surface area contributed by atoms with Crippen molar-refractivity contribution in [2.24, 2.45) is 5.92 Å². The smallest absolute Gasteiger partial charge is 0.132 e. The molecule has 0 unspecified atom stereocenters. The Hall–Kier alpha value is -1.25. The highest BCUT2D eigenvalue weighted by Gasteiger charge is 1.95. The molecule has 112 valence electrons. The van der Waals surface area contributed by atoms with Crippen LogP contribution in [0, 0.1) is 5.92 Å². The van der Waals surface area contributed by atoms with Crippen LogP contribution in [0.25, 0.3) is 0 Å². The molecule has 0 aliphatic carbocycles. The molecule has 18 heavy (non-hydrogen) atoms. The molecule has 3 heteroatoms. The van der Waals surface area contributed by atoms with E-state index in [9.17, 15) is 9.90 Å². The molecule has 0 fully saturated rings. The first kappa shape index (κ1) is 22.0. The van der Waals surface area contributed by atoms with Gasteiger partial charge < -0.3 is 13.1 Å². The quantitative estimate of drug-likeness (QED) is 0.725. The third kappa shape index (κ3) is 24.1. The van der Waals surface area contributed by atoms with Gasteiger partial charge >= 0.3 is 0 Å². The largest absolute Gasteiger partial charge is 1.00 e. The molecule has 3 nitrogen and oxygen atoms in total. The monoisotopic (exact) mass is 259 g/mol. The fourth-order valence-corrected chi connectivity index (χ4v) is 0. The Labute approximate surface area is 115 Å². The lowest BCUT2D eigenvalue weighted by atomic mass is 10.1. The number of hydrogen-bond acceptors (Lipinski definition) is 3. The predicted octanol–water partition coefficient (Wildman–Crippen LogP) is 3.98. The van der Waals surface area contributed by atoms with Gasteiger partial charge in [0, 0.05) is 5.92 Å². The van der Waals surface area contributed by atoms with Crippen LogP contribution in [0.1, 0.15) is 65.2 Å². The number of carbonyl (C=O) groups is 1. The van der Waals surface area contributed by atoms with E-state index >= 15 is 0 Å². The molecule has 0 aliphatic heterocycles. The Kier molecular flexibility index (Phi) is 14.9. The maximum Gasteiger partial charge on any atom is 0.132 e. The van der Waals surface area contributed by atoms with Gasteiger partial charge in [0.2, 0.25) is 0 Å². The Morgan fingerprint density at radius 1 is 0.944 bits per heavy atom.